The van der Waals surface area contributed by atoms with E-state index in [1.807, 2.05) is 38.4 Å². The van der Waals surface area contributed by atoms with Crippen LogP contribution in [0.5, 0.6) is 0 Å². The fourth-order valence-electron chi connectivity index (χ4n) is 2.88. The van der Waals surface area contributed by atoms with Crippen molar-refractivity contribution in [3.8, 4) is 0 Å². The van der Waals surface area contributed by atoms with E-state index in [9.17, 15) is 14.7 Å². The average Bonchev–Trinajstić information content (AvgIpc) is 2.84. The van der Waals surface area contributed by atoms with E-state index in [2.05, 4.69) is 4.90 Å². The van der Waals surface area contributed by atoms with Gasteiger partial charge in [0.15, 0.2) is 0 Å². The summed E-state index contributed by atoms with van der Waals surface area (Å²) in [5.74, 6) is -1.54. The molecular weight excluding hydrogens is 268 g/mol. The smallest absolute Gasteiger partial charge is 0.308 e. The Labute approximate surface area is 125 Å². The van der Waals surface area contributed by atoms with E-state index in [1.54, 1.807) is 4.90 Å². The Hall–Kier alpha value is -1.88. The maximum atomic E-state index is 11.5. The number of amides is 1. The van der Waals surface area contributed by atoms with Crippen LogP contribution in [0.2, 0.25) is 0 Å². The molecular formula is C16H22N2O3. The molecule has 0 radical (unpaired) electrons. The molecule has 1 aliphatic heterocycles. The number of carbonyl (C=O) groups excluding carboxylic acids is 1. The number of aliphatic carboxylic acids is 1. The van der Waals surface area contributed by atoms with Gasteiger partial charge in [0, 0.05) is 32.5 Å². The number of carboxylic acids is 1. The lowest BCUT2D eigenvalue weighted by Gasteiger charge is -2.16. The van der Waals surface area contributed by atoms with E-state index in [1.165, 1.54) is 12.5 Å². The van der Waals surface area contributed by atoms with Crippen LogP contribution in [0, 0.1) is 5.92 Å². The normalized spacial score (nSPS) is 21.8. The molecule has 0 saturated carbocycles. The third-order valence-corrected chi connectivity index (χ3v) is 3.99. The monoisotopic (exact) mass is 290 g/mol. The maximum Gasteiger partial charge on any atom is 0.308 e. The number of likely N-dealkylation sites (tertiary alicyclic amines) is 1. The molecule has 1 fully saturated rings. The lowest BCUT2D eigenvalue weighted by Crippen LogP contribution is -2.27. The van der Waals surface area contributed by atoms with Gasteiger partial charge in [-0.1, -0.05) is 24.3 Å². The fraction of sp³-hybridized carbons (Fsp3) is 0.500. The van der Waals surface area contributed by atoms with Crippen LogP contribution in [0.1, 0.15) is 24.0 Å². The minimum absolute atomic E-state index is 0.0621. The number of hydrogen-bond donors (Lipinski definition) is 1. The summed E-state index contributed by atoms with van der Waals surface area (Å²) in [6, 6.07) is 8.04. The van der Waals surface area contributed by atoms with Crippen LogP contribution in [0.15, 0.2) is 24.3 Å². The van der Waals surface area contributed by atoms with Gasteiger partial charge in [-0.25, -0.2) is 0 Å². The van der Waals surface area contributed by atoms with Gasteiger partial charge in [-0.3, -0.25) is 9.59 Å². The number of benzene rings is 1. The van der Waals surface area contributed by atoms with Crippen LogP contribution >= 0.6 is 0 Å². The van der Waals surface area contributed by atoms with Gasteiger partial charge in [0.25, 0.3) is 0 Å². The molecule has 1 saturated heterocycles. The average molecular weight is 290 g/mol. The lowest BCUT2D eigenvalue weighted by molar-refractivity contribution is -0.141. The largest absolute Gasteiger partial charge is 0.481 e. The molecule has 1 heterocycles. The Kier molecular flexibility index (Phi) is 4.63. The second-order valence-electron chi connectivity index (χ2n) is 5.95. The number of hydrogen-bond acceptors (Lipinski definition) is 3. The van der Waals surface area contributed by atoms with Crippen LogP contribution in [-0.2, 0) is 16.1 Å². The van der Waals surface area contributed by atoms with Gasteiger partial charge in [-0.2, -0.15) is 0 Å². The van der Waals surface area contributed by atoms with Crippen molar-refractivity contribution >= 4 is 11.9 Å². The zero-order chi connectivity index (χ0) is 15.6. The van der Waals surface area contributed by atoms with Crippen molar-refractivity contribution in [3.63, 3.8) is 0 Å². The molecule has 2 atom stereocenters. The Morgan fingerprint density at radius 1 is 1.24 bits per heavy atom. The maximum absolute atomic E-state index is 11.5. The van der Waals surface area contributed by atoms with Gasteiger partial charge >= 0.3 is 5.97 Å². The van der Waals surface area contributed by atoms with E-state index < -0.39 is 11.9 Å². The molecule has 1 aromatic carbocycles. The first-order valence-corrected chi connectivity index (χ1v) is 7.10. The molecule has 0 bridgehead atoms. The Morgan fingerprint density at radius 2 is 1.86 bits per heavy atom. The molecule has 1 N–H and O–H groups in total. The Morgan fingerprint density at radius 3 is 2.33 bits per heavy atom. The zero-order valence-corrected chi connectivity index (χ0v) is 12.7. The Bertz CT molecular complexity index is 525. The van der Waals surface area contributed by atoms with Crippen LogP contribution in [-0.4, -0.2) is 54.0 Å². The van der Waals surface area contributed by atoms with Crippen LogP contribution in [0.3, 0.4) is 0 Å². The second-order valence-corrected chi connectivity index (χ2v) is 5.95. The highest BCUT2D eigenvalue weighted by atomic mass is 16.4. The first kappa shape index (κ1) is 15.5. The van der Waals surface area contributed by atoms with E-state index in [4.69, 9.17) is 0 Å². The van der Waals surface area contributed by atoms with Gasteiger partial charge in [-0.05, 0) is 25.2 Å². The Balaban J connectivity index is 2.18. The SMILES string of the molecule is CC(=O)N1C[C@H](C(=O)O)[C@@H](c2ccc(CN(C)C)cc2)C1. The number of nitrogens with zero attached hydrogens (tertiary/aromatic N) is 2. The predicted molar refractivity (Wildman–Crippen MR) is 80.0 cm³/mol. The summed E-state index contributed by atoms with van der Waals surface area (Å²) in [7, 11) is 4.02. The van der Waals surface area contributed by atoms with Crippen molar-refractivity contribution in [1.82, 2.24) is 9.80 Å². The molecule has 0 unspecified atom stereocenters. The van der Waals surface area contributed by atoms with Crippen molar-refractivity contribution in [2.24, 2.45) is 5.92 Å². The van der Waals surface area contributed by atoms with E-state index >= 15 is 0 Å². The first-order chi connectivity index (χ1) is 9.88. The third kappa shape index (κ3) is 3.61. The van der Waals surface area contributed by atoms with E-state index in [0.717, 1.165) is 12.1 Å². The minimum atomic E-state index is -0.832. The summed E-state index contributed by atoms with van der Waals surface area (Å²) in [4.78, 5) is 26.6. The number of rotatable bonds is 4. The fourth-order valence-corrected chi connectivity index (χ4v) is 2.88. The molecule has 1 amide bonds. The summed E-state index contributed by atoms with van der Waals surface area (Å²) < 4.78 is 0. The van der Waals surface area contributed by atoms with Gasteiger partial charge in [0.05, 0.1) is 5.92 Å². The molecule has 114 valence electrons. The molecule has 0 aliphatic carbocycles. The predicted octanol–water partition coefficient (Wildman–Crippen LogP) is 1.39. The lowest BCUT2D eigenvalue weighted by atomic mass is 9.88. The van der Waals surface area contributed by atoms with Crippen LogP contribution in [0.25, 0.3) is 0 Å². The molecule has 1 aliphatic rings. The highest BCUT2D eigenvalue weighted by Gasteiger charge is 2.39. The molecule has 5 heteroatoms. The first-order valence-electron chi connectivity index (χ1n) is 7.10. The highest BCUT2D eigenvalue weighted by Crippen LogP contribution is 2.33. The third-order valence-electron chi connectivity index (χ3n) is 3.99. The number of carboxylic acid groups (broad SMARTS) is 1. The van der Waals surface area contributed by atoms with Crippen molar-refractivity contribution < 1.29 is 14.7 Å². The second kappa shape index (κ2) is 6.26. The van der Waals surface area contributed by atoms with Gasteiger partial charge in [0.2, 0.25) is 5.91 Å². The van der Waals surface area contributed by atoms with E-state index in [0.29, 0.717) is 13.1 Å². The highest BCUT2D eigenvalue weighted by molar-refractivity contribution is 5.78. The van der Waals surface area contributed by atoms with Crippen molar-refractivity contribution in [1.29, 1.82) is 0 Å². The molecule has 0 spiro atoms. The summed E-state index contributed by atoms with van der Waals surface area (Å²) in [5, 5.41) is 9.37. The minimum Gasteiger partial charge on any atom is -0.481 e. The molecule has 21 heavy (non-hydrogen) atoms. The van der Waals surface area contributed by atoms with Gasteiger partial charge in [-0.15, -0.1) is 0 Å². The summed E-state index contributed by atoms with van der Waals surface area (Å²) >= 11 is 0. The molecule has 0 aromatic heterocycles. The quantitative estimate of drug-likeness (QED) is 0.910. The molecule has 1 aromatic rings. The summed E-state index contributed by atoms with van der Waals surface area (Å²) in [6.07, 6.45) is 0. The van der Waals surface area contributed by atoms with Crippen molar-refractivity contribution in [3.05, 3.63) is 35.4 Å². The van der Waals surface area contributed by atoms with Gasteiger partial charge < -0.3 is 14.9 Å². The summed E-state index contributed by atoms with van der Waals surface area (Å²) in [6.45, 7) is 3.13. The van der Waals surface area contributed by atoms with Crippen LogP contribution in [0.4, 0.5) is 0 Å². The topological polar surface area (TPSA) is 60.9 Å². The van der Waals surface area contributed by atoms with Crippen molar-refractivity contribution in [2.45, 2.75) is 19.4 Å². The number of carbonyl (C=O) groups is 2. The van der Waals surface area contributed by atoms with Crippen LogP contribution < -0.4 is 0 Å². The zero-order valence-electron chi connectivity index (χ0n) is 12.7. The van der Waals surface area contributed by atoms with E-state index in [-0.39, 0.29) is 11.8 Å². The molecule has 5 nitrogen and oxygen atoms in total. The standard InChI is InChI=1S/C16H22N2O3/c1-11(19)18-9-14(15(10-18)16(20)21)13-6-4-12(5-7-13)8-17(2)3/h4-7,14-15H,8-10H2,1-3H3,(H,20,21)/t14-,15+/m1/s1. The molecule has 2 rings (SSSR count). The van der Waals surface area contributed by atoms with Crippen molar-refractivity contribution in [2.75, 3.05) is 27.2 Å². The van der Waals surface area contributed by atoms with Gasteiger partial charge in [0.1, 0.15) is 0 Å². The summed E-state index contributed by atoms with van der Waals surface area (Å²) in [5.41, 5.74) is 2.19.